The Morgan fingerprint density at radius 1 is 1.29 bits per heavy atom. The van der Waals surface area contributed by atoms with E-state index in [9.17, 15) is 0 Å². The van der Waals surface area contributed by atoms with Gasteiger partial charge in [-0.3, -0.25) is 0 Å². The maximum atomic E-state index is 5.90. The molecule has 0 bridgehead atoms. The molecular weight excluding hydrogens is 214 g/mol. The zero-order valence-electron chi connectivity index (χ0n) is 10.1. The van der Waals surface area contributed by atoms with Crippen molar-refractivity contribution in [3.63, 3.8) is 0 Å². The summed E-state index contributed by atoms with van der Waals surface area (Å²) in [6.45, 7) is 4.03. The molecule has 0 fully saturated rings. The van der Waals surface area contributed by atoms with Gasteiger partial charge in [-0.2, -0.15) is 4.98 Å². The van der Waals surface area contributed by atoms with E-state index in [0.717, 1.165) is 12.0 Å². The standard InChI is InChI=1S/C13H17N3O/c1-3-11(9(2)14)13-15-12(16-17-13)10-7-5-4-6-8-10/h4-9,11H,3,14H2,1-2H3. The Bertz CT molecular complexity index is 465. The molecule has 2 atom stereocenters. The van der Waals surface area contributed by atoms with Gasteiger partial charge >= 0.3 is 0 Å². The average Bonchev–Trinajstić information content (AvgIpc) is 2.80. The zero-order chi connectivity index (χ0) is 12.3. The molecule has 0 spiro atoms. The van der Waals surface area contributed by atoms with Crippen LogP contribution in [0, 0.1) is 0 Å². The molecule has 4 nitrogen and oxygen atoms in total. The van der Waals surface area contributed by atoms with Gasteiger partial charge in [0.1, 0.15) is 0 Å². The smallest absolute Gasteiger partial charge is 0.231 e. The van der Waals surface area contributed by atoms with E-state index in [1.54, 1.807) is 0 Å². The van der Waals surface area contributed by atoms with Gasteiger partial charge in [0.25, 0.3) is 0 Å². The Kier molecular flexibility index (Phi) is 3.54. The van der Waals surface area contributed by atoms with Crippen molar-refractivity contribution in [2.45, 2.75) is 32.2 Å². The van der Waals surface area contributed by atoms with E-state index in [0.29, 0.717) is 11.7 Å². The molecule has 0 saturated carbocycles. The third kappa shape index (κ3) is 2.53. The van der Waals surface area contributed by atoms with Gasteiger partial charge in [-0.1, -0.05) is 42.4 Å². The maximum Gasteiger partial charge on any atom is 0.231 e. The second-order valence-corrected chi connectivity index (χ2v) is 4.20. The highest BCUT2D eigenvalue weighted by molar-refractivity contribution is 5.53. The molecule has 1 aromatic heterocycles. The van der Waals surface area contributed by atoms with Gasteiger partial charge in [0.15, 0.2) is 0 Å². The van der Waals surface area contributed by atoms with Crippen LogP contribution in [0.1, 0.15) is 32.1 Å². The number of aromatic nitrogens is 2. The summed E-state index contributed by atoms with van der Waals surface area (Å²) in [4.78, 5) is 4.42. The molecule has 2 aromatic rings. The van der Waals surface area contributed by atoms with E-state index < -0.39 is 0 Å². The summed E-state index contributed by atoms with van der Waals surface area (Å²) >= 11 is 0. The Morgan fingerprint density at radius 2 is 2.00 bits per heavy atom. The molecule has 1 aromatic carbocycles. The van der Waals surface area contributed by atoms with Gasteiger partial charge in [-0.05, 0) is 13.3 Å². The van der Waals surface area contributed by atoms with Crippen LogP contribution in [-0.4, -0.2) is 16.2 Å². The normalized spacial score (nSPS) is 14.5. The average molecular weight is 231 g/mol. The second-order valence-electron chi connectivity index (χ2n) is 4.20. The van der Waals surface area contributed by atoms with Crippen LogP contribution in [0.4, 0.5) is 0 Å². The molecule has 1 heterocycles. The predicted octanol–water partition coefficient (Wildman–Crippen LogP) is 2.58. The molecule has 0 radical (unpaired) electrons. The van der Waals surface area contributed by atoms with Crippen LogP contribution in [0.3, 0.4) is 0 Å². The minimum Gasteiger partial charge on any atom is -0.339 e. The van der Waals surface area contributed by atoms with Crippen molar-refractivity contribution in [1.82, 2.24) is 10.1 Å². The van der Waals surface area contributed by atoms with Crippen LogP contribution in [-0.2, 0) is 0 Å². The van der Waals surface area contributed by atoms with Crippen LogP contribution in [0.2, 0.25) is 0 Å². The lowest BCUT2D eigenvalue weighted by Crippen LogP contribution is -2.24. The lowest BCUT2D eigenvalue weighted by atomic mass is 9.99. The first-order valence-corrected chi connectivity index (χ1v) is 5.87. The molecule has 4 heteroatoms. The number of benzene rings is 1. The third-order valence-electron chi connectivity index (χ3n) is 2.87. The summed E-state index contributed by atoms with van der Waals surface area (Å²) in [5, 5.41) is 4.00. The van der Waals surface area contributed by atoms with Crippen molar-refractivity contribution in [3.8, 4) is 11.4 Å². The summed E-state index contributed by atoms with van der Waals surface area (Å²) in [7, 11) is 0. The first kappa shape index (κ1) is 11.8. The zero-order valence-corrected chi connectivity index (χ0v) is 10.1. The van der Waals surface area contributed by atoms with Crippen molar-refractivity contribution in [3.05, 3.63) is 36.2 Å². The fourth-order valence-corrected chi connectivity index (χ4v) is 1.86. The van der Waals surface area contributed by atoms with E-state index >= 15 is 0 Å². The van der Waals surface area contributed by atoms with Crippen molar-refractivity contribution in [1.29, 1.82) is 0 Å². The summed E-state index contributed by atoms with van der Waals surface area (Å²) in [5.41, 5.74) is 6.86. The minimum absolute atomic E-state index is 0.0177. The SMILES string of the molecule is CCC(c1nc(-c2ccccc2)no1)C(C)N. The number of rotatable bonds is 4. The Labute approximate surface area is 101 Å². The van der Waals surface area contributed by atoms with E-state index in [2.05, 4.69) is 17.1 Å². The lowest BCUT2D eigenvalue weighted by molar-refractivity contribution is 0.334. The topological polar surface area (TPSA) is 64.9 Å². The summed E-state index contributed by atoms with van der Waals surface area (Å²) in [6, 6.07) is 9.80. The molecule has 17 heavy (non-hydrogen) atoms. The van der Waals surface area contributed by atoms with E-state index in [4.69, 9.17) is 10.3 Å². The number of hydrogen-bond donors (Lipinski definition) is 1. The van der Waals surface area contributed by atoms with Crippen molar-refractivity contribution < 1.29 is 4.52 Å². The van der Waals surface area contributed by atoms with Gasteiger partial charge in [0.05, 0.1) is 5.92 Å². The monoisotopic (exact) mass is 231 g/mol. The fraction of sp³-hybridized carbons (Fsp3) is 0.385. The van der Waals surface area contributed by atoms with Crippen molar-refractivity contribution >= 4 is 0 Å². The molecule has 0 aliphatic heterocycles. The molecule has 2 rings (SSSR count). The molecule has 2 unspecified atom stereocenters. The van der Waals surface area contributed by atoms with Crippen LogP contribution in [0.15, 0.2) is 34.9 Å². The minimum atomic E-state index is 0.0177. The molecule has 0 amide bonds. The molecule has 90 valence electrons. The molecule has 0 saturated heterocycles. The second kappa shape index (κ2) is 5.10. The quantitative estimate of drug-likeness (QED) is 0.878. The first-order chi connectivity index (χ1) is 8.22. The maximum absolute atomic E-state index is 5.90. The summed E-state index contributed by atoms with van der Waals surface area (Å²) in [6.07, 6.45) is 0.897. The largest absolute Gasteiger partial charge is 0.339 e. The van der Waals surface area contributed by atoms with Gasteiger partial charge in [0.2, 0.25) is 11.7 Å². The van der Waals surface area contributed by atoms with Gasteiger partial charge in [0, 0.05) is 11.6 Å². The molecule has 2 N–H and O–H groups in total. The lowest BCUT2D eigenvalue weighted by Gasteiger charge is -2.13. The summed E-state index contributed by atoms with van der Waals surface area (Å²) in [5.74, 6) is 1.38. The van der Waals surface area contributed by atoms with E-state index in [1.807, 2.05) is 37.3 Å². The van der Waals surface area contributed by atoms with Crippen LogP contribution in [0.5, 0.6) is 0 Å². The van der Waals surface area contributed by atoms with Gasteiger partial charge < -0.3 is 10.3 Å². The van der Waals surface area contributed by atoms with Crippen LogP contribution >= 0.6 is 0 Å². The van der Waals surface area contributed by atoms with E-state index in [1.165, 1.54) is 0 Å². The number of nitrogens with two attached hydrogens (primary N) is 1. The Balaban J connectivity index is 2.27. The van der Waals surface area contributed by atoms with Gasteiger partial charge in [-0.15, -0.1) is 0 Å². The van der Waals surface area contributed by atoms with Crippen molar-refractivity contribution in [2.75, 3.05) is 0 Å². The van der Waals surface area contributed by atoms with Crippen molar-refractivity contribution in [2.24, 2.45) is 5.73 Å². The predicted molar refractivity (Wildman–Crippen MR) is 66.4 cm³/mol. The molecule has 0 aliphatic rings. The highest BCUT2D eigenvalue weighted by Crippen LogP contribution is 2.23. The molecular formula is C13H17N3O. The van der Waals surface area contributed by atoms with Gasteiger partial charge in [-0.25, -0.2) is 0 Å². The van der Waals surface area contributed by atoms with E-state index in [-0.39, 0.29) is 12.0 Å². The first-order valence-electron chi connectivity index (χ1n) is 5.87. The number of nitrogens with zero attached hydrogens (tertiary/aromatic N) is 2. The third-order valence-corrected chi connectivity index (χ3v) is 2.87. The highest BCUT2D eigenvalue weighted by Gasteiger charge is 2.21. The summed E-state index contributed by atoms with van der Waals surface area (Å²) < 4.78 is 5.29. The van der Waals surface area contributed by atoms with Crippen LogP contribution in [0.25, 0.3) is 11.4 Å². The molecule has 0 aliphatic carbocycles. The fourth-order valence-electron chi connectivity index (χ4n) is 1.86. The highest BCUT2D eigenvalue weighted by atomic mass is 16.5. The Morgan fingerprint density at radius 3 is 2.59 bits per heavy atom. The Hall–Kier alpha value is -1.68. The van der Waals surface area contributed by atoms with Crippen LogP contribution < -0.4 is 5.73 Å². The number of hydrogen-bond acceptors (Lipinski definition) is 4.